The van der Waals surface area contributed by atoms with Crippen molar-refractivity contribution in [1.82, 2.24) is 4.67 Å². The number of hydrogen-bond acceptors (Lipinski definition) is 5. The summed E-state index contributed by atoms with van der Waals surface area (Å²) in [5.41, 5.74) is 4.33. The average Bonchev–Trinajstić information content (AvgIpc) is 3.27. The van der Waals surface area contributed by atoms with Crippen LogP contribution in [0.3, 0.4) is 0 Å². The third-order valence-electron chi connectivity index (χ3n) is 5.10. The van der Waals surface area contributed by atoms with E-state index in [1.165, 1.54) is 11.1 Å². The van der Waals surface area contributed by atoms with Crippen molar-refractivity contribution in [1.29, 1.82) is 0 Å². The molecule has 2 aromatic rings. The molecular formula is C20H22NO4P. The quantitative estimate of drug-likeness (QED) is 0.718. The molecule has 26 heavy (non-hydrogen) atoms. The Kier molecular flexibility index (Phi) is 3.47. The van der Waals surface area contributed by atoms with Crippen molar-refractivity contribution in [3.8, 4) is 0 Å². The van der Waals surface area contributed by atoms with E-state index in [0.29, 0.717) is 24.7 Å². The maximum absolute atomic E-state index is 6.51. The van der Waals surface area contributed by atoms with Crippen LogP contribution in [0.1, 0.15) is 22.3 Å². The summed E-state index contributed by atoms with van der Waals surface area (Å²) in [5, 5.41) is 0. The van der Waals surface area contributed by atoms with Gasteiger partial charge in [0.2, 0.25) is 0 Å². The van der Waals surface area contributed by atoms with Crippen molar-refractivity contribution in [2.45, 2.75) is 13.8 Å². The number of nitrogens with zero attached hydrogens (tertiary/aromatic N) is 1. The molecule has 1 spiro atoms. The zero-order valence-corrected chi connectivity index (χ0v) is 15.9. The van der Waals surface area contributed by atoms with Gasteiger partial charge in [-0.1, -0.05) is 0 Å². The maximum atomic E-state index is 6.51. The summed E-state index contributed by atoms with van der Waals surface area (Å²) in [7, 11) is -3.74. The first-order valence-electron chi connectivity index (χ1n) is 8.94. The molecule has 3 aliphatic rings. The molecule has 5 rings (SSSR count). The third kappa shape index (κ3) is 2.25. The fourth-order valence-corrected chi connectivity index (χ4v) is 7.10. The number of hydrogen-bond donors (Lipinski definition) is 0. The molecule has 0 amide bonds. The first kappa shape index (κ1) is 16.3. The van der Waals surface area contributed by atoms with Crippen LogP contribution in [0.15, 0.2) is 48.5 Å². The Balaban J connectivity index is 1.66. The summed E-state index contributed by atoms with van der Waals surface area (Å²) in [5.74, 6) is 1.39. The molecule has 3 heterocycles. The van der Waals surface area contributed by atoms with Gasteiger partial charge in [0.05, 0.1) is 0 Å². The van der Waals surface area contributed by atoms with Gasteiger partial charge in [0.25, 0.3) is 0 Å². The fraction of sp³-hybridized carbons (Fsp3) is 0.300. The predicted molar refractivity (Wildman–Crippen MR) is 102 cm³/mol. The normalized spacial score (nSPS) is 24.8. The van der Waals surface area contributed by atoms with Crippen molar-refractivity contribution in [3.05, 3.63) is 70.8 Å². The second-order valence-electron chi connectivity index (χ2n) is 6.97. The molecule has 2 saturated heterocycles. The van der Waals surface area contributed by atoms with Gasteiger partial charge >= 0.3 is 153 Å². The Morgan fingerprint density at radius 3 is 1.54 bits per heavy atom. The first-order valence-corrected chi connectivity index (χ1v) is 10.8. The Morgan fingerprint density at radius 2 is 1.12 bits per heavy atom. The summed E-state index contributed by atoms with van der Waals surface area (Å²) >= 11 is 0. The van der Waals surface area contributed by atoms with Gasteiger partial charge in [-0.3, -0.25) is 0 Å². The molecule has 0 N–H and O–H groups in total. The standard InChI is InChI=1S/C20H22NO4P/c1-15-3-7-17(8-4-15)19-20(18-9-5-16(2)6-10-18)25-26(24-19)21(11-13-22-26)12-14-23-26/h3-10H,11-14H2,1-2H3. The zero-order chi connectivity index (χ0) is 17.8. The minimum absolute atomic E-state index is 0.556. The molecule has 136 valence electrons. The van der Waals surface area contributed by atoms with Crippen molar-refractivity contribution >= 4 is 19.2 Å². The molecule has 0 radical (unpaired) electrons. The molecular weight excluding hydrogens is 349 g/mol. The molecule has 5 nitrogen and oxygen atoms in total. The number of rotatable bonds is 2. The van der Waals surface area contributed by atoms with Crippen molar-refractivity contribution < 1.29 is 18.1 Å². The van der Waals surface area contributed by atoms with E-state index in [-0.39, 0.29) is 0 Å². The van der Waals surface area contributed by atoms with Gasteiger partial charge in [0.15, 0.2) is 0 Å². The Labute approximate surface area is 153 Å². The second-order valence-corrected chi connectivity index (χ2v) is 9.96. The summed E-state index contributed by atoms with van der Waals surface area (Å²) in [6.45, 7) is 6.78. The van der Waals surface area contributed by atoms with Crippen molar-refractivity contribution in [2.24, 2.45) is 0 Å². The predicted octanol–water partition coefficient (Wildman–Crippen LogP) is 4.67. The van der Waals surface area contributed by atoms with E-state index in [1.54, 1.807) is 0 Å². The SMILES string of the molecule is Cc1ccc(C2=C(c3ccc(C)cc3)OP34(OCCN3CCO4)O2)cc1. The molecule has 3 aliphatic heterocycles. The van der Waals surface area contributed by atoms with Crippen LogP contribution in [-0.4, -0.2) is 31.0 Å². The van der Waals surface area contributed by atoms with Crippen LogP contribution in [0.25, 0.3) is 11.5 Å². The number of benzene rings is 2. The average molecular weight is 371 g/mol. The minimum atomic E-state index is -3.74. The first-order chi connectivity index (χ1) is 12.6. The zero-order valence-electron chi connectivity index (χ0n) is 15.0. The molecule has 0 aliphatic carbocycles. The van der Waals surface area contributed by atoms with Crippen LogP contribution in [-0.2, 0) is 18.1 Å². The Morgan fingerprint density at radius 1 is 0.692 bits per heavy atom. The molecule has 2 fully saturated rings. The van der Waals surface area contributed by atoms with E-state index in [2.05, 4.69) is 67.0 Å². The monoisotopic (exact) mass is 371 g/mol. The topological polar surface area (TPSA) is 40.2 Å². The van der Waals surface area contributed by atoms with Gasteiger partial charge in [0.1, 0.15) is 0 Å². The molecule has 0 bridgehead atoms. The van der Waals surface area contributed by atoms with Gasteiger partial charge < -0.3 is 0 Å². The molecule has 0 aromatic heterocycles. The molecule has 0 saturated carbocycles. The Hall–Kier alpha value is -1.91. The Bertz CT molecular complexity index is 820. The van der Waals surface area contributed by atoms with Gasteiger partial charge in [-0.25, -0.2) is 0 Å². The molecule has 0 unspecified atom stereocenters. The number of aryl methyl sites for hydroxylation is 2. The van der Waals surface area contributed by atoms with E-state index in [9.17, 15) is 0 Å². The molecule has 6 heteroatoms. The summed E-state index contributed by atoms with van der Waals surface area (Å²) in [6, 6.07) is 16.5. The molecule has 0 atom stereocenters. The van der Waals surface area contributed by atoms with Gasteiger partial charge in [-0.15, -0.1) is 0 Å². The van der Waals surface area contributed by atoms with E-state index >= 15 is 0 Å². The fourth-order valence-electron chi connectivity index (χ4n) is 3.64. The van der Waals surface area contributed by atoms with Crippen LogP contribution < -0.4 is 0 Å². The van der Waals surface area contributed by atoms with Crippen LogP contribution >= 0.6 is 7.66 Å². The van der Waals surface area contributed by atoms with Crippen molar-refractivity contribution in [3.63, 3.8) is 0 Å². The van der Waals surface area contributed by atoms with Gasteiger partial charge in [0, 0.05) is 0 Å². The van der Waals surface area contributed by atoms with Gasteiger partial charge in [-0.05, 0) is 0 Å². The summed E-state index contributed by atoms with van der Waals surface area (Å²) in [4.78, 5) is 0. The van der Waals surface area contributed by atoms with Crippen LogP contribution in [0, 0.1) is 13.8 Å². The van der Waals surface area contributed by atoms with Crippen LogP contribution in [0.4, 0.5) is 0 Å². The van der Waals surface area contributed by atoms with E-state index < -0.39 is 7.66 Å². The molecule has 2 aromatic carbocycles. The van der Waals surface area contributed by atoms with E-state index in [4.69, 9.17) is 18.1 Å². The second kappa shape index (κ2) is 5.54. The summed E-state index contributed by atoms with van der Waals surface area (Å²) < 4.78 is 27.4. The van der Waals surface area contributed by atoms with Crippen LogP contribution in [0.2, 0.25) is 0 Å². The van der Waals surface area contributed by atoms with E-state index in [0.717, 1.165) is 24.2 Å². The van der Waals surface area contributed by atoms with Crippen molar-refractivity contribution in [2.75, 3.05) is 26.3 Å². The third-order valence-corrected chi connectivity index (χ3v) is 8.62. The van der Waals surface area contributed by atoms with Gasteiger partial charge in [-0.2, -0.15) is 0 Å². The van der Waals surface area contributed by atoms with E-state index in [1.807, 2.05) is 0 Å². The summed E-state index contributed by atoms with van der Waals surface area (Å²) in [6.07, 6.45) is 0. The van der Waals surface area contributed by atoms with Crippen LogP contribution in [0.5, 0.6) is 0 Å².